The molecular formula is C20H30O7. The number of rotatable bonds is 2. The number of ether oxygens (including phenoxy) is 1. The molecule has 0 aromatic rings. The van der Waals surface area contributed by atoms with Crippen molar-refractivity contribution in [2.24, 2.45) is 17.3 Å². The fourth-order valence-corrected chi connectivity index (χ4v) is 6.89. The summed E-state index contributed by atoms with van der Waals surface area (Å²) in [6.07, 6.45) is -0.883. The van der Waals surface area contributed by atoms with E-state index in [0.717, 1.165) is 0 Å². The first-order chi connectivity index (χ1) is 12.4. The molecule has 0 aromatic heterocycles. The number of carbonyl (C=O) groups is 1. The molecule has 7 nitrogen and oxygen atoms in total. The minimum Gasteiger partial charge on any atom is -0.450 e. The molecule has 7 heteroatoms. The van der Waals surface area contributed by atoms with Crippen molar-refractivity contribution in [3.05, 3.63) is 11.1 Å². The Balaban J connectivity index is 2.08. The fraction of sp³-hybridized carbons (Fsp3) is 0.850. The zero-order valence-electron chi connectivity index (χ0n) is 16.3. The Morgan fingerprint density at radius 2 is 1.85 bits per heavy atom. The van der Waals surface area contributed by atoms with Gasteiger partial charge in [-0.1, -0.05) is 26.3 Å². The van der Waals surface area contributed by atoms with E-state index in [0.29, 0.717) is 17.6 Å². The highest BCUT2D eigenvalue weighted by atomic mass is 16.6. The maximum Gasteiger partial charge on any atom is 0.307 e. The number of hydrogen-bond donors (Lipinski definition) is 5. The zero-order valence-corrected chi connectivity index (χ0v) is 16.3. The van der Waals surface area contributed by atoms with Crippen LogP contribution in [0.5, 0.6) is 0 Å². The molecule has 0 spiro atoms. The third kappa shape index (κ3) is 1.60. The van der Waals surface area contributed by atoms with Crippen molar-refractivity contribution in [2.75, 3.05) is 6.61 Å². The smallest absolute Gasteiger partial charge is 0.307 e. The molecule has 152 valence electrons. The normalized spacial score (nSPS) is 55.2. The maximum atomic E-state index is 12.5. The summed E-state index contributed by atoms with van der Waals surface area (Å²) in [7, 11) is 0. The Hall–Kier alpha value is -0.990. The Kier molecular flexibility index (Phi) is 3.67. The van der Waals surface area contributed by atoms with Crippen LogP contribution in [-0.4, -0.2) is 66.6 Å². The van der Waals surface area contributed by atoms with Crippen LogP contribution in [-0.2, 0) is 9.53 Å². The molecule has 0 amide bonds. The highest BCUT2D eigenvalue weighted by Crippen LogP contribution is 2.77. The van der Waals surface area contributed by atoms with E-state index in [1.54, 1.807) is 27.7 Å². The molecule has 2 bridgehead atoms. The van der Waals surface area contributed by atoms with E-state index in [1.807, 2.05) is 0 Å². The van der Waals surface area contributed by atoms with Crippen LogP contribution in [0.15, 0.2) is 11.1 Å². The largest absolute Gasteiger partial charge is 0.450 e. The van der Waals surface area contributed by atoms with Gasteiger partial charge in [0.2, 0.25) is 5.60 Å². The second kappa shape index (κ2) is 5.13. The van der Waals surface area contributed by atoms with Crippen molar-refractivity contribution in [1.82, 2.24) is 0 Å². The molecule has 3 aliphatic carbocycles. The van der Waals surface area contributed by atoms with E-state index in [2.05, 4.69) is 0 Å². The van der Waals surface area contributed by atoms with Crippen molar-refractivity contribution in [1.29, 1.82) is 0 Å². The lowest BCUT2D eigenvalue weighted by Crippen LogP contribution is -2.77. The van der Waals surface area contributed by atoms with Crippen molar-refractivity contribution < 1.29 is 35.1 Å². The van der Waals surface area contributed by atoms with Gasteiger partial charge < -0.3 is 30.3 Å². The van der Waals surface area contributed by atoms with Gasteiger partial charge in [0.1, 0.15) is 17.3 Å². The molecule has 5 N–H and O–H groups in total. The fourth-order valence-electron chi connectivity index (χ4n) is 6.89. The zero-order chi connectivity index (χ0) is 20.2. The second-order valence-corrected chi connectivity index (χ2v) is 9.52. The standard InChI is InChI=1S/C20H30O7/c1-10-5-6-17(24)16(4)8-14(22)27-20(17,15(10)23)19(26)12(3)13(11(2)9-21)7-18(16,19)25/h10-11,15,21,23-26H,5-9H2,1-4H3/t10-,11?,15+,16-,17-,18+,19+,20+/m0/s1. The molecule has 1 heterocycles. The average molecular weight is 382 g/mol. The number of aliphatic hydroxyl groups is 5. The molecule has 1 unspecified atom stereocenters. The van der Waals surface area contributed by atoms with E-state index in [4.69, 9.17) is 4.74 Å². The SMILES string of the molecule is CC1=C(C(C)CO)C[C@@]2(O)[C@@]3(C)CC(=O)O[C@@]4([C@H](O)[C@@H](C)CC[C@]34O)[C@@]12O. The molecular weight excluding hydrogens is 352 g/mol. The number of hydrogen-bond acceptors (Lipinski definition) is 7. The first kappa shape index (κ1) is 19.3. The summed E-state index contributed by atoms with van der Waals surface area (Å²) in [5.41, 5.74) is -8.19. The molecule has 2 saturated carbocycles. The highest BCUT2D eigenvalue weighted by molar-refractivity contribution is 5.77. The average Bonchev–Trinajstić information content (AvgIpc) is 2.85. The van der Waals surface area contributed by atoms with Gasteiger partial charge in [0.25, 0.3) is 0 Å². The van der Waals surface area contributed by atoms with Crippen LogP contribution in [0.2, 0.25) is 0 Å². The second-order valence-electron chi connectivity index (χ2n) is 9.52. The first-order valence-electron chi connectivity index (χ1n) is 9.76. The van der Waals surface area contributed by atoms with E-state index >= 15 is 0 Å². The quantitative estimate of drug-likeness (QED) is 0.337. The maximum absolute atomic E-state index is 12.5. The summed E-state index contributed by atoms with van der Waals surface area (Å²) in [5, 5.41) is 56.7. The molecule has 0 radical (unpaired) electrons. The van der Waals surface area contributed by atoms with Crippen molar-refractivity contribution in [3.8, 4) is 0 Å². The van der Waals surface area contributed by atoms with E-state index in [1.165, 1.54) is 0 Å². The van der Waals surface area contributed by atoms with Crippen LogP contribution in [0.3, 0.4) is 0 Å². The van der Waals surface area contributed by atoms with Gasteiger partial charge in [-0.25, -0.2) is 0 Å². The lowest BCUT2D eigenvalue weighted by molar-refractivity contribution is -0.307. The van der Waals surface area contributed by atoms with Crippen LogP contribution in [0.4, 0.5) is 0 Å². The summed E-state index contributed by atoms with van der Waals surface area (Å²) in [6.45, 7) is 6.66. The summed E-state index contributed by atoms with van der Waals surface area (Å²) in [4.78, 5) is 12.5. The van der Waals surface area contributed by atoms with E-state index < -0.39 is 39.9 Å². The lowest BCUT2D eigenvalue weighted by atomic mass is 9.55. The van der Waals surface area contributed by atoms with Gasteiger partial charge in [0.05, 0.1) is 6.42 Å². The first-order valence-corrected chi connectivity index (χ1v) is 9.76. The van der Waals surface area contributed by atoms with Crippen LogP contribution >= 0.6 is 0 Å². The van der Waals surface area contributed by atoms with Crippen LogP contribution < -0.4 is 0 Å². The summed E-state index contributed by atoms with van der Waals surface area (Å²) >= 11 is 0. The molecule has 0 aromatic carbocycles. The number of aliphatic hydroxyl groups excluding tert-OH is 2. The third-order valence-corrected chi connectivity index (χ3v) is 8.61. The monoisotopic (exact) mass is 382 g/mol. The van der Waals surface area contributed by atoms with Gasteiger partial charge in [-0.05, 0) is 31.3 Å². The van der Waals surface area contributed by atoms with E-state index in [9.17, 15) is 30.3 Å². The van der Waals surface area contributed by atoms with E-state index in [-0.39, 0.29) is 37.7 Å². The Labute approximate surface area is 158 Å². The molecule has 3 fully saturated rings. The van der Waals surface area contributed by atoms with Crippen LogP contribution in [0.25, 0.3) is 0 Å². The number of carbonyl (C=O) groups excluding carboxylic acids is 1. The summed E-state index contributed by atoms with van der Waals surface area (Å²) in [5.74, 6) is -1.29. The van der Waals surface area contributed by atoms with Crippen LogP contribution in [0, 0.1) is 17.3 Å². The molecule has 8 atom stereocenters. The minimum absolute atomic E-state index is 0.00929. The molecule has 4 rings (SSSR count). The third-order valence-electron chi connectivity index (χ3n) is 8.61. The number of esters is 1. The summed E-state index contributed by atoms with van der Waals surface area (Å²) < 4.78 is 5.69. The van der Waals surface area contributed by atoms with Gasteiger partial charge in [-0.15, -0.1) is 0 Å². The van der Waals surface area contributed by atoms with Crippen molar-refractivity contribution >= 4 is 5.97 Å². The Bertz CT molecular complexity index is 749. The lowest BCUT2D eigenvalue weighted by Gasteiger charge is -2.59. The van der Waals surface area contributed by atoms with Crippen LogP contribution in [0.1, 0.15) is 53.4 Å². The molecule has 1 saturated heterocycles. The Morgan fingerprint density at radius 3 is 2.44 bits per heavy atom. The minimum atomic E-state index is -2.14. The molecule has 4 aliphatic rings. The van der Waals surface area contributed by atoms with Gasteiger partial charge in [0, 0.05) is 24.4 Å². The Morgan fingerprint density at radius 1 is 1.22 bits per heavy atom. The molecule has 27 heavy (non-hydrogen) atoms. The predicted molar refractivity (Wildman–Crippen MR) is 94.4 cm³/mol. The van der Waals surface area contributed by atoms with Gasteiger partial charge in [0.15, 0.2) is 5.60 Å². The van der Waals surface area contributed by atoms with Gasteiger partial charge in [-0.3, -0.25) is 4.79 Å². The van der Waals surface area contributed by atoms with Crippen molar-refractivity contribution in [2.45, 2.75) is 81.9 Å². The van der Waals surface area contributed by atoms with Gasteiger partial charge in [-0.2, -0.15) is 0 Å². The van der Waals surface area contributed by atoms with Gasteiger partial charge >= 0.3 is 5.97 Å². The predicted octanol–water partition coefficient (Wildman–Crippen LogP) is 0.0247. The number of fused-ring (bicyclic) bond motifs is 2. The topological polar surface area (TPSA) is 127 Å². The highest BCUT2D eigenvalue weighted by Gasteiger charge is 2.94. The summed E-state index contributed by atoms with van der Waals surface area (Å²) in [6, 6.07) is 0. The van der Waals surface area contributed by atoms with Crippen molar-refractivity contribution in [3.63, 3.8) is 0 Å². The molecule has 1 aliphatic heterocycles.